The molecule has 112 valence electrons. The molecule has 0 amide bonds. The van der Waals surface area contributed by atoms with Crippen LogP contribution in [0.15, 0.2) is 47.4 Å². The van der Waals surface area contributed by atoms with Crippen molar-refractivity contribution in [1.82, 2.24) is 4.72 Å². The number of nitrogens with one attached hydrogen (secondary N) is 1. The summed E-state index contributed by atoms with van der Waals surface area (Å²) in [6.45, 7) is 3.28. The Bertz CT molecular complexity index is 746. The van der Waals surface area contributed by atoms with Crippen molar-refractivity contribution in [2.45, 2.75) is 24.8 Å². The summed E-state index contributed by atoms with van der Waals surface area (Å²) < 4.78 is 40.7. The second kappa shape index (κ2) is 5.83. The van der Waals surface area contributed by atoms with E-state index in [9.17, 15) is 12.8 Å². The molecular weight excluding hydrogens is 291 g/mol. The molecule has 0 spiro atoms. The van der Waals surface area contributed by atoms with Crippen LogP contribution in [0.3, 0.4) is 0 Å². The first-order valence-electron chi connectivity index (χ1n) is 6.44. The first-order valence-corrected chi connectivity index (χ1v) is 7.92. The minimum absolute atomic E-state index is 0.0100. The van der Waals surface area contributed by atoms with E-state index in [1.807, 2.05) is 30.3 Å². The van der Waals surface area contributed by atoms with Crippen molar-refractivity contribution in [2.24, 2.45) is 0 Å². The Labute approximate surface area is 123 Å². The molecule has 0 unspecified atom stereocenters. The average Bonchev–Trinajstić information content (AvgIpc) is 2.43. The molecule has 0 saturated carbocycles. The van der Waals surface area contributed by atoms with Crippen LogP contribution >= 0.6 is 0 Å². The van der Waals surface area contributed by atoms with Gasteiger partial charge in [-0.2, -0.15) is 0 Å². The molecule has 0 heterocycles. The number of benzene rings is 2. The summed E-state index contributed by atoms with van der Waals surface area (Å²) in [5, 5.41) is 0. The summed E-state index contributed by atoms with van der Waals surface area (Å²) in [7, 11) is -3.77. The van der Waals surface area contributed by atoms with Gasteiger partial charge in [-0.1, -0.05) is 30.3 Å². The van der Waals surface area contributed by atoms with Crippen molar-refractivity contribution in [3.8, 4) is 0 Å². The Morgan fingerprint density at radius 2 is 1.81 bits per heavy atom. The molecular formula is C15H17FN2O2S. The van der Waals surface area contributed by atoms with Gasteiger partial charge in [0.15, 0.2) is 0 Å². The Balaban J connectivity index is 2.33. The van der Waals surface area contributed by atoms with E-state index >= 15 is 0 Å². The zero-order valence-electron chi connectivity index (χ0n) is 11.8. The minimum Gasteiger partial charge on any atom is -0.396 e. The van der Waals surface area contributed by atoms with Gasteiger partial charge in [-0.05, 0) is 37.1 Å². The SMILES string of the molecule is Cc1cc(F)c(N)cc1S(=O)(=O)N[C@@H](C)c1ccccc1. The van der Waals surface area contributed by atoms with Crippen LogP contribution in [0.1, 0.15) is 24.1 Å². The zero-order valence-corrected chi connectivity index (χ0v) is 12.6. The normalized spacial score (nSPS) is 13.1. The second-order valence-corrected chi connectivity index (χ2v) is 6.58. The Morgan fingerprint density at radius 1 is 1.19 bits per heavy atom. The largest absolute Gasteiger partial charge is 0.396 e. The van der Waals surface area contributed by atoms with E-state index < -0.39 is 21.9 Å². The van der Waals surface area contributed by atoms with Gasteiger partial charge in [0.1, 0.15) is 5.82 Å². The van der Waals surface area contributed by atoms with Gasteiger partial charge in [-0.25, -0.2) is 17.5 Å². The van der Waals surface area contributed by atoms with Gasteiger partial charge in [0.05, 0.1) is 10.6 Å². The summed E-state index contributed by atoms with van der Waals surface area (Å²) >= 11 is 0. The smallest absolute Gasteiger partial charge is 0.241 e. The van der Waals surface area contributed by atoms with Gasteiger partial charge in [0, 0.05) is 6.04 Å². The van der Waals surface area contributed by atoms with E-state index in [0.717, 1.165) is 17.7 Å². The van der Waals surface area contributed by atoms with Crippen molar-refractivity contribution in [2.75, 3.05) is 5.73 Å². The van der Waals surface area contributed by atoms with Gasteiger partial charge >= 0.3 is 0 Å². The number of nitrogens with two attached hydrogens (primary N) is 1. The molecule has 0 bridgehead atoms. The lowest BCUT2D eigenvalue weighted by Gasteiger charge is -2.16. The number of rotatable bonds is 4. The second-order valence-electron chi connectivity index (χ2n) is 4.89. The molecule has 2 aromatic carbocycles. The number of hydrogen-bond donors (Lipinski definition) is 2. The maximum atomic E-state index is 13.3. The fourth-order valence-corrected chi connectivity index (χ4v) is 3.56. The van der Waals surface area contributed by atoms with Crippen LogP contribution in [0.5, 0.6) is 0 Å². The van der Waals surface area contributed by atoms with Gasteiger partial charge in [0.25, 0.3) is 0 Å². The monoisotopic (exact) mass is 308 g/mol. The first kappa shape index (κ1) is 15.5. The van der Waals surface area contributed by atoms with E-state index in [1.165, 1.54) is 6.92 Å². The molecule has 0 radical (unpaired) electrons. The highest BCUT2D eigenvalue weighted by Gasteiger charge is 2.21. The predicted molar refractivity (Wildman–Crippen MR) is 80.7 cm³/mol. The van der Waals surface area contributed by atoms with Crippen LogP contribution < -0.4 is 10.5 Å². The average molecular weight is 308 g/mol. The third-order valence-electron chi connectivity index (χ3n) is 3.22. The van der Waals surface area contributed by atoms with Crippen LogP contribution in [-0.4, -0.2) is 8.42 Å². The third kappa shape index (κ3) is 3.40. The summed E-state index contributed by atoms with van der Waals surface area (Å²) in [4.78, 5) is -0.0100. The van der Waals surface area contributed by atoms with Crippen molar-refractivity contribution in [1.29, 1.82) is 0 Å². The summed E-state index contributed by atoms with van der Waals surface area (Å²) in [5.74, 6) is -0.623. The molecule has 4 nitrogen and oxygen atoms in total. The summed E-state index contributed by atoms with van der Waals surface area (Å²) in [5.41, 5.74) is 6.43. The van der Waals surface area contributed by atoms with Crippen LogP contribution in [-0.2, 0) is 10.0 Å². The fraction of sp³-hybridized carbons (Fsp3) is 0.200. The highest BCUT2D eigenvalue weighted by atomic mass is 32.2. The highest BCUT2D eigenvalue weighted by Crippen LogP contribution is 2.23. The van der Waals surface area contributed by atoms with Crippen LogP contribution in [0.25, 0.3) is 0 Å². The molecule has 0 aliphatic rings. The topological polar surface area (TPSA) is 72.2 Å². The number of aryl methyl sites for hydroxylation is 1. The van der Waals surface area contributed by atoms with E-state index in [4.69, 9.17) is 5.73 Å². The summed E-state index contributed by atoms with van der Waals surface area (Å²) in [6.07, 6.45) is 0. The number of halogens is 1. The van der Waals surface area contributed by atoms with E-state index in [1.54, 1.807) is 6.92 Å². The standard InChI is InChI=1S/C15H17FN2O2S/c1-10-8-13(16)14(17)9-15(10)21(19,20)18-11(2)12-6-4-3-5-7-12/h3-9,11,18H,17H2,1-2H3/t11-/m0/s1. The summed E-state index contributed by atoms with van der Waals surface area (Å²) in [6, 6.07) is 11.1. The molecule has 21 heavy (non-hydrogen) atoms. The van der Waals surface area contributed by atoms with Crippen LogP contribution in [0, 0.1) is 12.7 Å². The number of hydrogen-bond acceptors (Lipinski definition) is 3. The van der Waals surface area contributed by atoms with Gasteiger partial charge in [0.2, 0.25) is 10.0 Å². The fourth-order valence-electron chi connectivity index (χ4n) is 2.06. The molecule has 0 fully saturated rings. The first-order chi connectivity index (χ1) is 9.81. The third-order valence-corrected chi connectivity index (χ3v) is 4.90. The lowest BCUT2D eigenvalue weighted by atomic mass is 10.1. The van der Waals surface area contributed by atoms with Gasteiger partial charge in [-0.15, -0.1) is 0 Å². The molecule has 2 rings (SSSR count). The molecule has 2 aromatic rings. The minimum atomic E-state index is -3.77. The molecule has 1 atom stereocenters. The lowest BCUT2D eigenvalue weighted by molar-refractivity contribution is 0.565. The Morgan fingerprint density at radius 3 is 2.43 bits per heavy atom. The van der Waals surface area contributed by atoms with Gasteiger partial charge < -0.3 is 5.73 Å². The van der Waals surface area contributed by atoms with Crippen molar-refractivity contribution in [3.63, 3.8) is 0 Å². The van der Waals surface area contributed by atoms with E-state index in [-0.39, 0.29) is 10.6 Å². The Hall–Kier alpha value is -1.92. The van der Waals surface area contributed by atoms with Crippen molar-refractivity contribution in [3.05, 3.63) is 59.4 Å². The quantitative estimate of drug-likeness (QED) is 0.853. The molecule has 0 aliphatic heterocycles. The van der Waals surface area contributed by atoms with E-state index in [0.29, 0.717) is 5.56 Å². The van der Waals surface area contributed by atoms with Crippen molar-refractivity contribution >= 4 is 15.7 Å². The van der Waals surface area contributed by atoms with Gasteiger partial charge in [-0.3, -0.25) is 0 Å². The lowest BCUT2D eigenvalue weighted by Crippen LogP contribution is -2.27. The van der Waals surface area contributed by atoms with Crippen molar-refractivity contribution < 1.29 is 12.8 Å². The maximum Gasteiger partial charge on any atom is 0.241 e. The number of nitrogen functional groups attached to an aromatic ring is 1. The number of anilines is 1. The predicted octanol–water partition coefficient (Wildman–Crippen LogP) is 2.76. The molecule has 6 heteroatoms. The highest BCUT2D eigenvalue weighted by molar-refractivity contribution is 7.89. The number of sulfonamides is 1. The van der Waals surface area contributed by atoms with Crippen LogP contribution in [0.2, 0.25) is 0 Å². The zero-order chi connectivity index (χ0) is 15.6. The molecule has 0 aromatic heterocycles. The van der Waals surface area contributed by atoms with Crippen LogP contribution in [0.4, 0.5) is 10.1 Å². The molecule has 3 N–H and O–H groups in total. The molecule has 0 aliphatic carbocycles. The van der Waals surface area contributed by atoms with E-state index in [2.05, 4.69) is 4.72 Å². The molecule has 0 saturated heterocycles. The maximum absolute atomic E-state index is 13.3. The Kier molecular flexibility index (Phi) is 4.29.